The van der Waals surface area contributed by atoms with Gasteiger partial charge in [-0.15, -0.1) is 11.3 Å². The SMILES string of the molecule is Cc1nc2sccc2c2c1nc(-c1ccccc1)n2CCC1CCNCC1. The van der Waals surface area contributed by atoms with Crippen LogP contribution in [-0.2, 0) is 6.54 Å². The van der Waals surface area contributed by atoms with E-state index < -0.39 is 0 Å². The van der Waals surface area contributed by atoms with Crippen molar-refractivity contribution in [2.45, 2.75) is 32.7 Å². The van der Waals surface area contributed by atoms with Gasteiger partial charge in [0.15, 0.2) is 0 Å². The molecule has 5 heteroatoms. The first-order valence-electron chi connectivity index (χ1n) is 9.81. The third-order valence-electron chi connectivity index (χ3n) is 5.73. The molecule has 5 rings (SSSR count). The molecule has 4 aromatic rings. The van der Waals surface area contributed by atoms with Gasteiger partial charge in [0, 0.05) is 17.5 Å². The highest BCUT2D eigenvalue weighted by atomic mass is 32.1. The Morgan fingerprint density at radius 1 is 1.11 bits per heavy atom. The van der Waals surface area contributed by atoms with E-state index in [0.29, 0.717) is 0 Å². The van der Waals surface area contributed by atoms with Gasteiger partial charge in [-0.2, -0.15) is 0 Å². The molecule has 0 radical (unpaired) electrons. The van der Waals surface area contributed by atoms with Crippen LogP contribution >= 0.6 is 11.3 Å². The lowest BCUT2D eigenvalue weighted by atomic mass is 9.94. The summed E-state index contributed by atoms with van der Waals surface area (Å²) in [6, 6.07) is 12.8. The molecule has 1 aromatic carbocycles. The molecule has 4 heterocycles. The van der Waals surface area contributed by atoms with Crippen LogP contribution in [0.2, 0.25) is 0 Å². The minimum atomic E-state index is 0.799. The van der Waals surface area contributed by atoms with E-state index in [9.17, 15) is 0 Å². The number of fused-ring (bicyclic) bond motifs is 3. The molecule has 0 atom stereocenters. The monoisotopic (exact) mass is 376 g/mol. The van der Waals surface area contributed by atoms with E-state index in [1.54, 1.807) is 11.3 Å². The van der Waals surface area contributed by atoms with Crippen molar-refractivity contribution in [1.29, 1.82) is 0 Å². The fraction of sp³-hybridized carbons (Fsp3) is 0.364. The van der Waals surface area contributed by atoms with Gasteiger partial charge in [0.05, 0.1) is 11.2 Å². The summed E-state index contributed by atoms with van der Waals surface area (Å²) >= 11 is 1.72. The van der Waals surface area contributed by atoms with E-state index in [-0.39, 0.29) is 0 Å². The molecule has 138 valence electrons. The zero-order valence-electron chi connectivity index (χ0n) is 15.6. The van der Waals surface area contributed by atoms with E-state index in [1.165, 1.54) is 35.7 Å². The highest BCUT2D eigenvalue weighted by Crippen LogP contribution is 2.34. The minimum Gasteiger partial charge on any atom is -0.323 e. The molecule has 1 aliphatic heterocycles. The third kappa shape index (κ3) is 3.05. The number of imidazole rings is 1. The number of piperidine rings is 1. The molecule has 0 unspecified atom stereocenters. The van der Waals surface area contributed by atoms with Crippen molar-refractivity contribution in [1.82, 2.24) is 19.9 Å². The van der Waals surface area contributed by atoms with Gasteiger partial charge in [0.1, 0.15) is 16.2 Å². The molecule has 1 aliphatic rings. The lowest BCUT2D eigenvalue weighted by Crippen LogP contribution is -2.28. The largest absolute Gasteiger partial charge is 0.323 e. The molecule has 3 aromatic heterocycles. The van der Waals surface area contributed by atoms with E-state index in [0.717, 1.165) is 47.4 Å². The number of nitrogens with zero attached hydrogens (tertiary/aromatic N) is 3. The standard InChI is InChI=1S/C22H24N4S/c1-15-19-20(18-10-14-27-22(18)24-15)26(13-9-16-7-11-23-12-8-16)21(25-19)17-5-3-2-4-6-17/h2-6,10,14,16,23H,7-9,11-13H2,1H3. The van der Waals surface area contributed by atoms with Gasteiger partial charge in [0.2, 0.25) is 0 Å². The normalized spacial score (nSPS) is 15.7. The Kier molecular flexibility index (Phi) is 4.42. The summed E-state index contributed by atoms with van der Waals surface area (Å²) < 4.78 is 2.45. The van der Waals surface area contributed by atoms with E-state index >= 15 is 0 Å². The molecule has 0 amide bonds. The third-order valence-corrected chi connectivity index (χ3v) is 6.54. The number of benzene rings is 1. The Balaban J connectivity index is 1.66. The molecule has 1 fully saturated rings. The van der Waals surface area contributed by atoms with Crippen LogP contribution in [0.1, 0.15) is 25.0 Å². The van der Waals surface area contributed by atoms with Crippen LogP contribution in [0.4, 0.5) is 0 Å². The van der Waals surface area contributed by atoms with E-state index in [1.807, 2.05) is 0 Å². The molecule has 4 nitrogen and oxygen atoms in total. The predicted molar refractivity (Wildman–Crippen MR) is 113 cm³/mol. The molecule has 1 N–H and O–H groups in total. The maximum absolute atomic E-state index is 5.07. The Bertz CT molecular complexity index is 1070. The van der Waals surface area contributed by atoms with Crippen LogP contribution in [0, 0.1) is 12.8 Å². The van der Waals surface area contributed by atoms with Crippen molar-refractivity contribution in [3.05, 3.63) is 47.5 Å². The number of hydrogen-bond acceptors (Lipinski definition) is 4. The summed E-state index contributed by atoms with van der Waals surface area (Å²) in [5.74, 6) is 1.87. The van der Waals surface area contributed by atoms with Gasteiger partial charge in [-0.1, -0.05) is 30.3 Å². The number of aromatic nitrogens is 3. The zero-order chi connectivity index (χ0) is 18.2. The average molecular weight is 377 g/mol. The van der Waals surface area contributed by atoms with Crippen LogP contribution in [0.25, 0.3) is 32.6 Å². The maximum Gasteiger partial charge on any atom is 0.141 e. The highest BCUT2D eigenvalue weighted by Gasteiger charge is 2.20. The predicted octanol–water partition coefficient (Wildman–Crippen LogP) is 5.01. The Morgan fingerprint density at radius 3 is 2.74 bits per heavy atom. The topological polar surface area (TPSA) is 42.7 Å². The lowest BCUT2D eigenvalue weighted by Gasteiger charge is -2.23. The molecule has 0 saturated carbocycles. The van der Waals surface area contributed by atoms with Crippen LogP contribution in [0.3, 0.4) is 0 Å². The van der Waals surface area contributed by atoms with Gasteiger partial charge < -0.3 is 9.88 Å². The van der Waals surface area contributed by atoms with Crippen molar-refractivity contribution in [3.8, 4) is 11.4 Å². The van der Waals surface area contributed by atoms with Crippen LogP contribution in [-0.4, -0.2) is 27.6 Å². The highest BCUT2D eigenvalue weighted by molar-refractivity contribution is 7.16. The number of hydrogen-bond donors (Lipinski definition) is 1. The second-order valence-electron chi connectivity index (χ2n) is 7.47. The number of thiophene rings is 1. The second kappa shape index (κ2) is 7.06. The summed E-state index contributed by atoms with van der Waals surface area (Å²) in [7, 11) is 0. The van der Waals surface area contributed by atoms with Crippen LogP contribution in [0.15, 0.2) is 41.8 Å². The van der Waals surface area contributed by atoms with Gasteiger partial charge in [-0.25, -0.2) is 9.97 Å². The summed E-state index contributed by atoms with van der Waals surface area (Å²) in [5.41, 5.74) is 4.51. The van der Waals surface area contributed by atoms with E-state index in [2.05, 4.69) is 58.6 Å². The molecule has 27 heavy (non-hydrogen) atoms. The first-order valence-corrected chi connectivity index (χ1v) is 10.7. The van der Waals surface area contributed by atoms with Gasteiger partial charge >= 0.3 is 0 Å². The van der Waals surface area contributed by atoms with Gasteiger partial charge in [-0.05, 0) is 56.6 Å². The molecule has 0 spiro atoms. The number of pyridine rings is 1. The van der Waals surface area contributed by atoms with Crippen molar-refractivity contribution >= 4 is 32.6 Å². The first-order chi connectivity index (χ1) is 13.3. The molecule has 0 bridgehead atoms. The maximum atomic E-state index is 5.07. The fourth-order valence-corrected chi connectivity index (χ4v) is 5.07. The molecule has 1 saturated heterocycles. The van der Waals surface area contributed by atoms with E-state index in [4.69, 9.17) is 9.97 Å². The van der Waals surface area contributed by atoms with Crippen molar-refractivity contribution < 1.29 is 0 Å². The number of rotatable bonds is 4. The number of aryl methyl sites for hydroxylation is 2. The molecule has 0 aliphatic carbocycles. The fourth-order valence-electron chi connectivity index (χ4n) is 4.26. The van der Waals surface area contributed by atoms with Crippen LogP contribution < -0.4 is 5.32 Å². The summed E-state index contributed by atoms with van der Waals surface area (Å²) in [4.78, 5) is 11.0. The first kappa shape index (κ1) is 16.9. The van der Waals surface area contributed by atoms with Gasteiger partial charge in [-0.3, -0.25) is 0 Å². The second-order valence-corrected chi connectivity index (χ2v) is 8.36. The van der Waals surface area contributed by atoms with Crippen LogP contribution in [0.5, 0.6) is 0 Å². The number of nitrogens with one attached hydrogen (secondary N) is 1. The molecular formula is C22H24N4S. The Labute approximate surface area is 163 Å². The van der Waals surface area contributed by atoms with Crippen molar-refractivity contribution in [2.24, 2.45) is 5.92 Å². The summed E-state index contributed by atoms with van der Waals surface area (Å²) in [6.45, 7) is 5.40. The zero-order valence-corrected chi connectivity index (χ0v) is 16.4. The minimum absolute atomic E-state index is 0.799. The summed E-state index contributed by atoms with van der Waals surface area (Å²) in [5, 5.41) is 6.86. The van der Waals surface area contributed by atoms with Gasteiger partial charge in [0.25, 0.3) is 0 Å². The average Bonchev–Trinajstić information content (AvgIpc) is 3.32. The molecular weight excluding hydrogens is 352 g/mol. The Hall–Kier alpha value is -2.24. The quantitative estimate of drug-likeness (QED) is 0.544. The summed E-state index contributed by atoms with van der Waals surface area (Å²) in [6.07, 6.45) is 3.77. The smallest absolute Gasteiger partial charge is 0.141 e. The van der Waals surface area contributed by atoms with Crippen molar-refractivity contribution in [2.75, 3.05) is 13.1 Å². The Morgan fingerprint density at radius 2 is 1.93 bits per heavy atom. The van der Waals surface area contributed by atoms with Crippen molar-refractivity contribution in [3.63, 3.8) is 0 Å². The lowest BCUT2D eigenvalue weighted by molar-refractivity contribution is 0.340.